The van der Waals surface area contributed by atoms with Crippen molar-refractivity contribution in [3.05, 3.63) is 0 Å². The van der Waals surface area contributed by atoms with Crippen LogP contribution in [0.3, 0.4) is 0 Å². The van der Waals surface area contributed by atoms with Crippen LogP contribution in [0, 0.1) is 0 Å². The highest BCUT2D eigenvalue weighted by Crippen LogP contribution is 1.97. The Morgan fingerprint density at radius 1 is 1.29 bits per heavy atom. The summed E-state index contributed by atoms with van der Waals surface area (Å²) in [5, 5.41) is 8.82. The number of nitrogens with zero attached hydrogens (tertiary/aromatic N) is 1. The highest BCUT2D eigenvalue weighted by atomic mass is 16.5. The lowest BCUT2D eigenvalue weighted by atomic mass is 10.1. The fraction of sp³-hybridized carbons (Fsp3) is 0.818. The number of ether oxygens (including phenoxy) is 1. The van der Waals surface area contributed by atoms with Gasteiger partial charge in [-0.1, -0.05) is 0 Å². The van der Waals surface area contributed by atoms with E-state index in [1.807, 2.05) is 20.8 Å². The Morgan fingerprint density at radius 3 is 2.41 bits per heavy atom. The van der Waals surface area contributed by atoms with E-state index in [9.17, 15) is 4.79 Å². The lowest BCUT2D eigenvalue weighted by Crippen LogP contribution is -2.50. The van der Waals surface area contributed by atoms with Crippen molar-refractivity contribution in [2.24, 2.45) is 4.99 Å². The van der Waals surface area contributed by atoms with Crippen LogP contribution in [0.1, 0.15) is 20.8 Å². The topological polar surface area (TPSA) is 74.8 Å². The summed E-state index contributed by atoms with van der Waals surface area (Å²) in [6.07, 6.45) is 0. The molecule has 17 heavy (non-hydrogen) atoms. The van der Waals surface area contributed by atoms with E-state index in [0.29, 0.717) is 19.1 Å². The molecule has 0 heterocycles. The number of amides is 1. The second kappa shape index (κ2) is 7.89. The predicted octanol–water partition coefficient (Wildman–Crippen LogP) is -0.287. The molecule has 0 spiro atoms. The number of methoxy groups -OCH3 is 1. The molecule has 0 aliphatic heterocycles. The van der Waals surface area contributed by atoms with Crippen molar-refractivity contribution < 1.29 is 9.53 Å². The summed E-state index contributed by atoms with van der Waals surface area (Å²) in [5.74, 6) is 0.526. The number of rotatable bonds is 5. The van der Waals surface area contributed by atoms with Gasteiger partial charge in [0.1, 0.15) is 0 Å². The van der Waals surface area contributed by atoms with Gasteiger partial charge in [0.15, 0.2) is 5.96 Å². The zero-order valence-electron chi connectivity index (χ0n) is 11.4. The fourth-order valence-corrected chi connectivity index (χ4v) is 1.05. The third-order valence-electron chi connectivity index (χ3n) is 1.76. The second-order valence-electron chi connectivity index (χ2n) is 4.64. The Labute approximate surface area is 103 Å². The lowest BCUT2D eigenvalue weighted by Gasteiger charge is -2.23. The van der Waals surface area contributed by atoms with Crippen LogP contribution in [-0.2, 0) is 9.53 Å². The van der Waals surface area contributed by atoms with Gasteiger partial charge < -0.3 is 20.7 Å². The van der Waals surface area contributed by atoms with Crippen LogP contribution < -0.4 is 16.0 Å². The number of aliphatic imine (C=N–C) groups is 1. The summed E-state index contributed by atoms with van der Waals surface area (Å²) in [5.41, 5.74) is -0.0889. The molecule has 0 aliphatic carbocycles. The van der Waals surface area contributed by atoms with Gasteiger partial charge in [0, 0.05) is 26.2 Å². The maximum absolute atomic E-state index is 11.4. The molecule has 6 heteroatoms. The van der Waals surface area contributed by atoms with E-state index >= 15 is 0 Å². The van der Waals surface area contributed by atoms with Crippen LogP contribution in [-0.4, -0.2) is 51.3 Å². The van der Waals surface area contributed by atoms with Gasteiger partial charge in [-0.15, -0.1) is 0 Å². The maximum atomic E-state index is 11.4. The molecule has 0 aromatic rings. The van der Waals surface area contributed by atoms with Gasteiger partial charge in [0.05, 0.1) is 13.2 Å². The molecule has 0 saturated carbocycles. The molecule has 0 saturated heterocycles. The van der Waals surface area contributed by atoms with Gasteiger partial charge >= 0.3 is 0 Å². The minimum Gasteiger partial charge on any atom is -0.383 e. The van der Waals surface area contributed by atoms with Crippen LogP contribution in [0.2, 0.25) is 0 Å². The first-order chi connectivity index (χ1) is 7.89. The summed E-state index contributed by atoms with van der Waals surface area (Å²) < 4.78 is 4.83. The zero-order chi connectivity index (χ0) is 13.3. The first-order valence-corrected chi connectivity index (χ1v) is 5.63. The van der Waals surface area contributed by atoms with Crippen molar-refractivity contribution in [1.29, 1.82) is 0 Å². The summed E-state index contributed by atoms with van der Waals surface area (Å²) in [6.45, 7) is 7.30. The largest absolute Gasteiger partial charge is 0.383 e. The molecule has 0 fully saturated rings. The van der Waals surface area contributed by atoms with E-state index < -0.39 is 0 Å². The molecule has 6 nitrogen and oxygen atoms in total. The van der Waals surface area contributed by atoms with E-state index in [-0.39, 0.29) is 18.0 Å². The van der Waals surface area contributed by atoms with Crippen molar-refractivity contribution in [2.45, 2.75) is 26.3 Å². The molecule has 0 rings (SSSR count). The number of hydrogen-bond donors (Lipinski definition) is 3. The van der Waals surface area contributed by atoms with Crippen molar-refractivity contribution >= 4 is 11.9 Å². The normalized spacial score (nSPS) is 12.2. The molecule has 0 radical (unpaired) electrons. The zero-order valence-corrected chi connectivity index (χ0v) is 11.4. The van der Waals surface area contributed by atoms with Gasteiger partial charge in [0.2, 0.25) is 5.91 Å². The average molecular weight is 244 g/mol. The highest BCUT2D eigenvalue weighted by Gasteiger charge is 2.12. The lowest BCUT2D eigenvalue weighted by molar-refractivity contribution is -0.120. The van der Waals surface area contributed by atoms with Crippen LogP contribution in [0.5, 0.6) is 0 Å². The van der Waals surface area contributed by atoms with Crippen LogP contribution >= 0.6 is 0 Å². The molecule has 1 amide bonds. The van der Waals surface area contributed by atoms with Crippen molar-refractivity contribution in [2.75, 3.05) is 33.9 Å². The van der Waals surface area contributed by atoms with E-state index in [0.717, 1.165) is 0 Å². The third-order valence-corrected chi connectivity index (χ3v) is 1.76. The molecule has 0 atom stereocenters. The molecule has 0 bridgehead atoms. The second-order valence-corrected chi connectivity index (χ2v) is 4.64. The maximum Gasteiger partial charge on any atom is 0.239 e. The SMILES string of the molecule is CN=C(NCC(=O)NCCOC)NC(C)(C)C. The molecular formula is C11H24N4O2. The molecule has 0 unspecified atom stereocenters. The standard InChI is InChI=1S/C11H24N4O2/c1-11(2,3)15-10(12-4)14-8-9(16)13-6-7-17-5/h6-8H2,1-5H3,(H,13,16)(H2,12,14,15). The predicted molar refractivity (Wildman–Crippen MR) is 69.1 cm³/mol. The monoisotopic (exact) mass is 244 g/mol. The smallest absolute Gasteiger partial charge is 0.239 e. The number of guanidine groups is 1. The van der Waals surface area contributed by atoms with Gasteiger partial charge in [0.25, 0.3) is 0 Å². The Balaban J connectivity index is 3.88. The number of carbonyl (C=O) groups excluding carboxylic acids is 1. The minimum atomic E-state index is -0.0889. The number of carbonyl (C=O) groups is 1. The molecular weight excluding hydrogens is 220 g/mol. The Hall–Kier alpha value is -1.30. The van der Waals surface area contributed by atoms with E-state index in [4.69, 9.17) is 4.74 Å². The first-order valence-electron chi connectivity index (χ1n) is 5.63. The summed E-state index contributed by atoms with van der Waals surface area (Å²) >= 11 is 0. The van der Waals surface area contributed by atoms with Gasteiger partial charge in [-0.25, -0.2) is 0 Å². The molecule has 100 valence electrons. The third kappa shape index (κ3) is 9.62. The van der Waals surface area contributed by atoms with Gasteiger partial charge in [-0.05, 0) is 20.8 Å². The van der Waals surface area contributed by atoms with Crippen LogP contribution in [0.15, 0.2) is 4.99 Å². The van der Waals surface area contributed by atoms with Crippen molar-refractivity contribution in [3.63, 3.8) is 0 Å². The highest BCUT2D eigenvalue weighted by molar-refractivity contribution is 5.86. The molecule has 3 N–H and O–H groups in total. The van der Waals surface area contributed by atoms with E-state index in [1.165, 1.54) is 0 Å². The van der Waals surface area contributed by atoms with E-state index in [1.54, 1.807) is 14.2 Å². The quantitative estimate of drug-likeness (QED) is 0.353. The number of hydrogen-bond acceptors (Lipinski definition) is 3. The number of nitrogens with one attached hydrogen (secondary N) is 3. The first kappa shape index (κ1) is 15.7. The summed E-state index contributed by atoms with van der Waals surface area (Å²) in [4.78, 5) is 15.4. The minimum absolute atomic E-state index is 0.0843. The van der Waals surface area contributed by atoms with Crippen LogP contribution in [0.4, 0.5) is 0 Å². The van der Waals surface area contributed by atoms with Gasteiger partial charge in [-0.3, -0.25) is 9.79 Å². The summed E-state index contributed by atoms with van der Waals surface area (Å²) in [7, 11) is 3.27. The van der Waals surface area contributed by atoms with Crippen molar-refractivity contribution in [3.8, 4) is 0 Å². The van der Waals surface area contributed by atoms with Gasteiger partial charge in [-0.2, -0.15) is 0 Å². The van der Waals surface area contributed by atoms with Crippen molar-refractivity contribution in [1.82, 2.24) is 16.0 Å². The van der Waals surface area contributed by atoms with E-state index in [2.05, 4.69) is 20.9 Å². The fourth-order valence-electron chi connectivity index (χ4n) is 1.05. The Bertz CT molecular complexity index is 259. The molecule has 0 aromatic heterocycles. The average Bonchev–Trinajstić information content (AvgIpc) is 2.23. The molecule has 0 aromatic carbocycles. The summed E-state index contributed by atoms with van der Waals surface area (Å²) in [6, 6.07) is 0. The Kier molecular flexibility index (Phi) is 7.29. The molecule has 0 aliphatic rings. The Morgan fingerprint density at radius 2 is 1.94 bits per heavy atom. The van der Waals surface area contributed by atoms with Crippen LogP contribution in [0.25, 0.3) is 0 Å².